The van der Waals surface area contributed by atoms with Gasteiger partial charge in [0.1, 0.15) is 70.0 Å². The summed E-state index contributed by atoms with van der Waals surface area (Å²) in [5.41, 5.74) is 6.11. The fourth-order valence-electron chi connectivity index (χ4n) is 8.53. The van der Waals surface area contributed by atoms with Gasteiger partial charge in [0, 0.05) is 10.8 Å². The lowest BCUT2D eigenvalue weighted by Crippen LogP contribution is -2.32. The first-order valence-corrected chi connectivity index (χ1v) is 22.7. The number of nitrogens with zero attached hydrogens (tertiary/aromatic N) is 4. The van der Waals surface area contributed by atoms with Gasteiger partial charge in [-0.15, -0.1) is 0 Å². The molecule has 0 bridgehead atoms. The van der Waals surface area contributed by atoms with Crippen LogP contribution in [-0.4, -0.2) is 0 Å². The second-order valence-corrected chi connectivity index (χ2v) is 18.4. The summed E-state index contributed by atoms with van der Waals surface area (Å²) in [5.74, 6) is 3.88. The summed E-state index contributed by atoms with van der Waals surface area (Å²) >= 11 is 0. The van der Waals surface area contributed by atoms with Crippen molar-refractivity contribution in [2.45, 2.75) is 90.3 Å². The van der Waals surface area contributed by atoms with Crippen LogP contribution in [0.5, 0.6) is 34.5 Å². The Morgan fingerprint density at radius 1 is 0.338 bits per heavy atom. The molecule has 8 nitrogen and oxygen atoms in total. The van der Waals surface area contributed by atoms with Gasteiger partial charge in [-0.1, -0.05) is 114 Å². The molecule has 0 N–H and O–H groups in total. The second-order valence-electron chi connectivity index (χ2n) is 18.4. The van der Waals surface area contributed by atoms with Crippen molar-refractivity contribution in [2.75, 3.05) is 0 Å². The largest absolute Gasteiger partial charge is 0.483 e. The Bertz CT molecular complexity index is 3070. The highest BCUT2D eigenvalue weighted by Crippen LogP contribution is 2.40. The van der Waals surface area contributed by atoms with Gasteiger partial charge in [0.25, 0.3) is 0 Å². The summed E-state index contributed by atoms with van der Waals surface area (Å²) in [7, 11) is 0. The Hall–Kier alpha value is -8.30. The van der Waals surface area contributed by atoms with Gasteiger partial charge in [-0.3, -0.25) is 0 Å². The van der Waals surface area contributed by atoms with Crippen LogP contribution in [-0.2, 0) is 22.0 Å². The van der Waals surface area contributed by atoms with E-state index in [2.05, 4.69) is 126 Å². The van der Waals surface area contributed by atoms with Gasteiger partial charge in [-0.05, 0) is 145 Å². The minimum absolute atomic E-state index is 0.282. The minimum Gasteiger partial charge on any atom is -0.483 e. The second kappa shape index (κ2) is 19.7. The van der Waals surface area contributed by atoms with E-state index in [9.17, 15) is 21.0 Å². The smallest absolute Gasteiger partial charge is 0.133 e. The van der Waals surface area contributed by atoms with Gasteiger partial charge >= 0.3 is 0 Å². The molecule has 0 aliphatic rings. The van der Waals surface area contributed by atoms with Crippen LogP contribution in [0.25, 0.3) is 0 Å². The van der Waals surface area contributed by atoms with Gasteiger partial charge in [0.15, 0.2) is 0 Å². The first-order valence-electron chi connectivity index (χ1n) is 22.7. The standard InChI is InChI=1S/C60H54N4O4/c1-9-60(10-2,50-19-15-46(16-20-50)58(5,6)48-23-29-52(30-24-48)66-55-25-11-41(37-61)43(35-55)39-63)68-54-33-31-53(32-34-54)65-51-27-21-47(22-28-51)57(3,4)45-13-17-49(18-14-45)59(7,8)67-56-26-12-42(38-62)44(36-56)40-64/h11-36H,9-10H2,1-8H3. The average molecular weight is 895 g/mol. The lowest BCUT2D eigenvalue weighted by atomic mass is 9.77. The van der Waals surface area contributed by atoms with Crippen molar-refractivity contribution in [2.24, 2.45) is 0 Å². The number of hydrogen-bond donors (Lipinski definition) is 0. The van der Waals surface area contributed by atoms with Crippen LogP contribution in [0.2, 0.25) is 0 Å². The van der Waals surface area contributed by atoms with E-state index in [0.29, 0.717) is 39.7 Å². The van der Waals surface area contributed by atoms with E-state index in [0.717, 1.165) is 52.2 Å². The molecule has 7 aromatic rings. The molecule has 0 amide bonds. The van der Waals surface area contributed by atoms with E-state index >= 15 is 0 Å². The highest BCUT2D eigenvalue weighted by molar-refractivity contribution is 5.52. The average Bonchev–Trinajstić information content (AvgIpc) is 3.36. The molecule has 0 fully saturated rings. The van der Waals surface area contributed by atoms with Gasteiger partial charge in [0.2, 0.25) is 0 Å². The molecule has 0 saturated carbocycles. The molecule has 0 aliphatic heterocycles. The normalized spacial score (nSPS) is 11.6. The molecule has 0 saturated heterocycles. The number of hydrogen-bond acceptors (Lipinski definition) is 8. The summed E-state index contributed by atoms with van der Waals surface area (Å²) in [6.45, 7) is 17.1. The summed E-state index contributed by atoms with van der Waals surface area (Å²) < 4.78 is 25.5. The summed E-state index contributed by atoms with van der Waals surface area (Å²) in [6, 6.07) is 59.2. The molecule has 0 spiro atoms. The van der Waals surface area contributed by atoms with Crippen molar-refractivity contribution in [1.29, 1.82) is 21.0 Å². The van der Waals surface area contributed by atoms with Crippen molar-refractivity contribution in [3.63, 3.8) is 0 Å². The third kappa shape index (κ3) is 10.1. The van der Waals surface area contributed by atoms with Gasteiger partial charge in [-0.25, -0.2) is 0 Å². The van der Waals surface area contributed by atoms with Crippen LogP contribution in [0.15, 0.2) is 158 Å². The Morgan fingerprint density at radius 3 is 1.06 bits per heavy atom. The molecule has 0 aliphatic carbocycles. The van der Waals surface area contributed by atoms with E-state index in [4.69, 9.17) is 18.9 Å². The Balaban J connectivity index is 0.969. The molecule has 0 heterocycles. The van der Waals surface area contributed by atoms with Crippen molar-refractivity contribution < 1.29 is 18.9 Å². The van der Waals surface area contributed by atoms with Crippen LogP contribution >= 0.6 is 0 Å². The fraction of sp³-hybridized carbons (Fsp3) is 0.233. The monoisotopic (exact) mass is 894 g/mol. The number of rotatable bonds is 16. The van der Waals surface area contributed by atoms with Gasteiger partial charge < -0.3 is 18.9 Å². The van der Waals surface area contributed by atoms with Crippen molar-refractivity contribution in [3.05, 3.63) is 213 Å². The lowest BCUT2D eigenvalue weighted by Gasteiger charge is -2.34. The lowest BCUT2D eigenvalue weighted by molar-refractivity contribution is 0.0572. The van der Waals surface area contributed by atoms with Crippen molar-refractivity contribution in [3.8, 4) is 58.8 Å². The van der Waals surface area contributed by atoms with E-state index in [1.807, 2.05) is 74.5 Å². The zero-order chi connectivity index (χ0) is 48.7. The van der Waals surface area contributed by atoms with Gasteiger partial charge in [0.05, 0.1) is 22.3 Å². The SMILES string of the molecule is CCC(CC)(Oc1ccc(Oc2ccc(C(C)(C)c3ccc(C(C)(C)Oc4ccc(C#N)c(C#N)c4)cc3)cc2)cc1)c1ccc(C(C)(C)c2ccc(Oc3ccc(C#N)c(C#N)c3)cc2)cc1. The van der Waals surface area contributed by atoms with E-state index in [1.54, 1.807) is 36.4 Å². The fourth-order valence-corrected chi connectivity index (χ4v) is 8.53. The molecule has 0 unspecified atom stereocenters. The molecule has 0 aromatic heterocycles. The molecular formula is C60H54N4O4. The van der Waals surface area contributed by atoms with E-state index in [-0.39, 0.29) is 16.4 Å². The van der Waals surface area contributed by atoms with E-state index in [1.165, 1.54) is 5.56 Å². The Morgan fingerprint density at radius 2 is 0.647 bits per heavy atom. The predicted molar refractivity (Wildman–Crippen MR) is 265 cm³/mol. The molecule has 7 aromatic carbocycles. The first kappa shape index (κ1) is 47.7. The maximum Gasteiger partial charge on any atom is 0.133 e. The van der Waals surface area contributed by atoms with Crippen LogP contribution < -0.4 is 18.9 Å². The zero-order valence-electron chi connectivity index (χ0n) is 39.8. The van der Waals surface area contributed by atoms with Crippen LogP contribution in [0.4, 0.5) is 0 Å². The molecule has 68 heavy (non-hydrogen) atoms. The highest BCUT2D eigenvalue weighted by atomic mass is 16.5. The zero-order valence-corrected chi connectivity index (χ0v) is 39.8. The van der Waals surface area contributed by atoms with Crippen molar-refractivity contribution in [1.82, 2.24) is 0 Å². The highest BCUT2D eigenvalue weighted by Gasteiger charge is 2.32. The summed E-state index contributed by atoms with van der Waals surface area (Å²) in [4.78, 5) is 0. The maximum atomic E-state index is 9.46. The van der Waals surface area contributed by atoms with Crippen LogP contribution in [0, 0.1) is 45.3 Å². The molecule has 8 heteroatoms. The number of nitriles is 4. The van der Waals surface area contributed by atoms with Gasteiger partial charge in [-0.2, -0.15) is 21.0 Å². The topological polar surface area (TPSA) is 132 Å². The quantitative estimate of drug-likeness (QED) is 0.0936. The maximum absolute atomic E-state index is 9.46. The van der Waals surface area contributed by atoms with E-state index < -0.39 is 11.2 Å². The summed E-state index contributed by atoms with van der Waals surface area (Å²) in [6.07, 6.45) is 1.57. The Kier molecular flexibility index (Phi) is 13.8. The minimum atomic E-state index is -0.676. The molecule has 0 radical (unpaired) electrons. The third-order valence-electron chi connectivity index (χ3n) is 13.2. The Labute approximate surface area is 400 Å². The molecular weight excluding hydrogens is 841 g/mol. The summed E-state index contributed by atoms with van der Waals surface area (Å²) in [5, 5.41) is 37.4. The molecule has 338 valence electrons. The molecule has 7 rings (SSSR count). The van der Waals surface area contributed by atoms with Crippen molar-refractivity contribution >= 4 is 0 Å². The van der Waals surface area contributed by atoms with Crippen LogP contribution in [0.3, 0.4) is 0 Å². The first-order chi connectivity index (χ1) is 32.6. The predicted octanol–water partition coefficient (Wildman–Crippen LogP) is 14.8. The number of benzene rings is 7. The third-order valence-corrected chi connectivity index (χ3v) is 13.2. The molecule has 0 atom stereocenters. The van der Waals surface area contributed by atoms with Crippen LogP contribution in [0.1, 0.15) is 124 Å². The number of ether oxygens (including phenoxy) is 4.